The van der Waals surface area contributed by atoms with Gasteiger partial charge in [-0.3, -0.25) is 9.38 Å². The number of fused-ring (bicyclic) bond motifs is 1. The fourth-order valence-electron chi connectivity index (χ4n) is 1.65. The molecule has 0 saturated heterocycles. The van der Waals surface area contributed by atoms with Crippen LogP contribution in [-0.4, -0.2) is 27.4 Å². The summed E-state index contributed by atoms with van der Waals surface area (Å²) in [4.78, 5) is 21.1. The molecular formula is C12H9N3O2S. The van der Waals surface area contributed by atoms with Gasteiger partial charge in [0.1, 0.15) is 4.88 Å². The number of thiazole rings is 1. The first-order valence-corrected chi connectivity index (χ1v) is 6.07. The first kappa shape index (κ1) is 10.9. The highest BCUT2D eigenvalue weighted by Crippen LogP contribution is 2.23. The SMILES string of the molecule is COC(=O)c1cn2cc(-c3ccncc3)nc2s1. The number of methoxy groups -OCH3 is 1. The Balaban J connectivity index is 2.04. The van der Waals surface area contributed by atoms with Gasteiger partial charge in [-0.15, -0.1) is 0 Å². The molecule has 3 heterocycles. The maximum absolute atomic E-state index is 11.4. The van der Waals surface area contributed by atoms with Crippen molar-refractivity contribution < 1.29 is 9.53 Å². The van der Waals surface area contributed by atoms with Crippen LogP contribution in [0.25, 0.3) is 16.2 Å². The van der Waals surface area contributed by atoms with E-state index in [0.717, 1.165) is 16.2 Å². The van der Waals surface area contributed by atoms with Crippen molar-refractivity contribution in [3.63, 3.8) is 0 Å². The normalized spacial score (nSPS) is 10.7. The van der Waals surface area contributed by atoms with Crippen molar-refractivity contribution in [2.75, 3.05) is 7.11 Å². The average molecular weight is 259 g/mol. The largest absolute Gasteiger partial charge is 0.465 e. The number of aromatic nitrogens is 3. The molecule has 0 saturated carbocycles. The summed E-state index contributed by atoms with van der Waals surface area (Å²) >= 11 is 1.31. The molecule has 3 aromatic heterocycles. The molecule has 3 rings (SSSR count). The minimum Gasteiger partial charge on any atom is -0.465 e. The van der Waals surface area contributed by atoms with E-state index in [9.17, 15) is 4.79 Å². The lowest BCUT2D eigenvalue weighted by Crippen LogP contribution is -1.97. The molecule has 18 heavy (non-hydrogen) atoms. The van der Waals surface area contributed by atoms with Crippen LogP contribution in [0.1, 0.15) is 9.67 Å². The first-order valence-electron chi connectivity index (χ1n) is 5.25. The van der Waals surface area contributed by atoms with Gasteiger partial charge in [0.25, 0.3) is 0 Å². The van der Waals surface area contributed by atoms with Gasteiger partial charge >= 0.3 is 5.97 Å². The average Bonchev–Trinajstić information content (AvgIpc) is 2.97. The second-order valence-electron chi connectivity index (χ2n) is 3.64. The van der Waals surface area contributed by atoms with Crippen molar-refractivity contribution in [1.82, 2.24) is 14.4 Å². The number of hydrogen-bond acceptors (Lipinski definition) is 5. The number of ether oxygens (including phenoxy) is 1. The van der Waals surface area contributed by atoms with Gasteiger partial charge in [-0.25, -0.2) is 9.78 Å². The zero-order valence-electron chi connectivity index (χ0n) is 9.53. The van der Waals surface area contributed by atoms with E-state index in [1.165, 1.54) is 18.4 Å². The maximum atomic E-state index is 11.4. The molecule has 0 radical (unpaired) electrons. The Labute approximate surface area is 107 Å². The van der Waals surface area contributed by atoms with Crippen LogP contribution >= 0.6 is 11.3 Å². The van der Waals surface area contributed by atoms with Crippen molar-refractivity contribution in [1.29, 1.82) is 0 Å². The van der Waals surface area contributed by atoms with Crippen molar-refractivity contribution in [3.8, 4) is 11.3 Å². The van der Waals surface area contributed by atoms with Gasteiger partial charge in [-0.2, -0.15) is 0 Å². The number of carbonyl (C=O) groups is 1. The fourth-order valence-corrected chi connectivity index (χ4v) is 2.54. The molecule has 0 N–H and O–H groups in total. The predicted octanol–water partition coefficient (Wildman–Crippen LogP) is 2.24. The number of esters is 1. The second-order valence-corrected chi connectivity index (χ2v) is 4.65. The molecule has 90 valence electrons. The highest BCUT2D eigenvalue weighted by molar-refractivity contribution is 7.18. The minimum absolute atomic E-state index is 0.337. The third-order valence-corrected chi connectivity index (χ3v) is 3.50. The Morgan fingerprint density at radius 2 is 2.11 bits per heavy atom. The Morgan fingerprint density at radius 1 is 1.33 bits per heavy atom. The lowest BCUT2D eigenvalue weighted by atomic mass is 10.2. The molecule has 3 aromatic rings. The van der Waals surface area contributed by atoms with E-state index in [-0.39, 0.29) is 5.97 Å². The number of pyridine rings is 1. The zero-order valence-corrected chi connectivity index (χ0v) is 10.3. The first-order chi connectivity index (χ1) is 8.78. The topological polar surface area (TPSA) is 56.5 Å². The predicted molar refractivity (Wildman–Crippen MR) is 67.6 cm³/mol. The maximum Gasteiger partial charge on any atom is 0.349 e. The molecule has 6 heteroatoms. The van der Waals surface area contributed by atoms with E-state index in [4.69, 9.17) is 0 Å². The number of rotatable bonds is 2. The van der Waals surface area contributed by atoms with Crippen molar-refractivity contribution in [2.45, 2.75) is 0 Å². The minimum atomic E-state index is -0.337. The summed E-state index contributed by atoms with van der Waals surface area (Å²) < 4.78 is 6.50. The number of carbonyl (C=O) groups excluding carboxylic acids is 1. The number of imidazole rings is 1. The van der Waals surface area contributed by atoms with Crippen LogP contribution in [0.5, 0.6) is 0 Å². The molecule has 0 unspecified atom stereocenters. The summed E-state index contributed by atoms with van der Waals surface area (Å²) in [6.45, 7) is 0. The molecule has 0 amide bonds. The van der Waals surface area contributed by atoms with Gasteiger partial charge in [0.05, 0.1) is 12.8 Å². The summed E-state index contributed by atoms with van der Waals surface area (Å²) in [6, 6.07) is 3.79. The van der Waals surface area contributed by atoms with Gasteiger partial charge in [-0.05, 0) is 12.1 Å². The van der Waals surface area contributed by atoms with E-state index in [1.54, 1.807) is 18.6 Å². The molecule has 0 fully saturated rings. The van der Waals surface area contributed by atoms with Gasteiger partial charge in [0.15, 0.2) is 4.96 Å². The lowest BCUT2D eigenvalue weighted by molar-refractivity contribution is 0.0606. The molecule has 0 aliphatic rings. The highest BCUT2D eigenvalue weighted by atomic mass is 32.1. The van der Waals surface area contributed by atoms with Crippen molar-refractivity contribution >= 4 is 22.3 Å². The smallest absolute Gasteiger partial charge is 0.349 e. The summed E-state index contributed by atoms with van der Waals surface area (Å²) in [5, 5.41) is 0. The Morgan fingerprint density at radius 3 is 2.78 bits per heavy atom. The summed E-state index contributed by atoms with van der Waals surface area (Å²) in [5.74, 6) is -0.337. The van der Waals surface area contributed by atoms with E-state index in [1.807, 2.05) is 22.7 Å². The molecule has 0 bridgehead atoms. The summed E-state index contributed by atoms with van der Waals surface area (Å²) in [6.07, 6.45) is 7.06. The van der Waals surface area contributed by atoms with E-state index in [0.29, 0.717) is 4.88 Å². The number of nitrogens with zero attached hydrogens (tertiary/aromatic N) is 3. The number of hydrogen-bond donors (Lipinski definition) is 0. The third kappa shape index (κ3) is 1.76. The van der Waals surface area contributed by atoms with E-state index >= 15 is 0 Å². The van der Waals surface area contributed by atoms with E-state index in [2.05, 4.69) is 14.7 Å². The van der Waals surface area contributed by atoms with Gasteiger partial charge < -0.3 is 4.74 Å². The molecule has 0 aliphatic heterocycles. The van der Waals surface area contributed by atoms with Crippen molar-refractivity contribution in [2.24, 2.45) is 0 Å². The molecule has 5 nitrogen and oxygen atoms in total. The van der Waals surface area contributed by atoms with Crippen LogP contribution in [0.4, 0.5) is 0 Å². The molecular weight excluding hydrogens is 250 g/mol. The Kier molecular flexibility index (Phi) is 2.56. The van der Waals surface area contributed by atoms with Crippen LogP contribution in [0.2, 0.25) is 0 Å². The van der Waals surface area contributed by atoms with Gasteiger partial charge in [-0.1, -0.05) is 11.3 Å². The monoisotopic (exact) mass is 259 g/mol. The quantitative estimate of drug-likeness (QED) is 0.662. The summed E-state index contributed by atoms with van der Waals surface area (Å²) in [5.41, 5.74) is 1.86. The van der Waals surface area contributed by atoms with Gasteiger partial charge in [0.2, 0.25) is 0 Å². The summed E-state index contributed by atoms with van der Waals surface area (Å²) in [7, 11) is 1.37. The van der Waals surface area contributed by atoms with Crippen molar-refractivity contribution in [3.05, 3.63) is 41.8 Å². The Bertz CT molecular complexity index is 671. The van der Waals surface area contributed by atoms with Gasteiger partial charge in [0, 0.05) is 30.4 Å². The van der Waals surface area contributed by atoms with Crippen LogP contribution in [0.15, 0.2) is 36.9 Å². The van der Waals surface area contributed by atoms with Crippen LogP contribution in [0, 0.1) is 0 Å². The van der Waals surface area contributed by atoms with Crippen LogP contribution in [0.3, 0.4) is 0 Å². The second kappa shape index (κ2) is 4.23. The highest BCUT2D eigenvalue weighted by Gasteiger charge is 2.13. The molecule has 0 atom stereocenters. The Hall–Kier alpha value is -2.21. The molecule has 0 spiro atoms. The third-order valence-electron chi connectivity index (χ3n) is 2.52. The zero-order chi connectivity index (χ0) is 12.5. The molecule has 0 aliphatic carbocycles. The van der Waals surface area contributed by atoms with Crippen LogP contribution < -0.4 is 0 Å². The molecule has 0 aromatic carbocycles. The fraction of sp³-hybridized carbons (Fsp3) is 0.0833. The standard InChI is InChI=1S/C12H9N3O2S/c1-17-11(16)10-7-15-6-9(14-12(15)18-10)8-2-4-13-5-3-8/h2-7H,1H3. The van der Waals surface area contributed by atoms with Crippen LogP contribution in [-0.2, 0) is 4.74 Å². The lowest BCUT2D eigenvalue weighted by Gasteiger charge is -1.93. The van der Waals surface area contributed by atoms with E-state index < -0.39 is 0 Å².